The van der Waals surface area contributed by atoms with E-state index < -0.39 is 33.6 Å². The van der Waals surface area contributed by atoms with E-state index in [9.17, 15) is 26.4 Å². The molecule has 2 aromatic carbocycles. The standard InChI is InChI=1S/C20H22F3N3O3S/c1-14(26(30(2,28)29)15-7-8-16(21)18(23)13-15)20(27)25-11-9-24(10-12-25)19-6-4-3-5-17(19)22/h3-8,13-14H,9-12H2,1-2H3/t14-/m0/s1. The summed E-state index contributed by atoms with van der Waals surface area (Å²) < 4.78 is 66.3. The molecule has 0 N–H and O–H groups in total. The van der Waals surface area contributed by atoms with Gasteiger partial charge >= 0.3 is 0 Å². The molecule has 0 saturated carbocycles. The quantitative estimate of drug-likeness (QED) is 0.716. The van der Waals surface area contributed by atoms with Gasteiger partial charge in [0.15, 0.2) is 11.6 Å². The van der Waals surface area contributed by atoms with Crippen LogP contribution in [0.2, 0.25) is 0 Å². The first-order valence-electron chi connectivity index (χ1n) is 9.32. The summed E-state index contributed by atoms with van der Waals surface area (Å²) in [5.41, 5.74) is 0.305. The van der Waals surface area contributed by atoms with Crippen LogP contribution in [-0.2, 0) is 14.8 Å². The lowest BCUT2D eigenvalue weighted by Gasteiger charge is -2.39. The molecule has 30 heavy (non-hydrogen) atoms. The van der Waals surface area contributed by atoms with E-state index in [4.69, 9.17) is 0 Å². The van der Waals surface area contributed by atoms with Crippen molar-refractivity contribution in [1.29, 1.82) is 0 Å². The number of hydrogen-bond acceptors (Lipinski definition) is 4. The Kier molecular flexibility index (Phi) is 6.25. The van der Waals surface area contributed by atoms with Crippen LogP contribution in [0.4, 0.5) is 24.5 Å². The Morgan fingerprint density at radius 2 is 1.60 bits per heavy atom. The van der Waals surface area contributed by atoms with Crippen LogP contribution >= 0.6 is 0 Å². The van der Waals surface area contributed by atoms with Gasteiger partial charge in [0.2, 0.25) is 15.9 Å². The summed E-state index contributed by atoms with van der Waals surface area (Å²) >= 11 is 0. The Balaban J connectivity index is 1.76. The molecule has 0 bridgehead atoms. The van der Waals surface area contributed by atoms with Crippen molar-refractivity contribution in [1.82, 2.24) is 4.90 Å². The molecule has 1 saturated heterocycles. The van der Waals surface area contributed by atoms with E-state index in [1.54, 1.807) is 18.2 Å². The number of carbonyl (C=O) groups excluding carboxylic acids is 1. The van der Waals surface area contributed by atoms with Gasteiger partial charge in [-0.05, 0) is 31.2 Å². The number of halogens is 3. The molecule has 6 nitrogen and oxygen atoms in total. The summed E-state index contributed by atoms with van der Waals surface area (Å²) in [4.78, 5) is 16.3. The summed E-state index contributed by atoms with van der Waals surface area (Å²) in [6, 6.07) is 7.85. The predicted molar refractivity (Wildman–Crippen MR) is 108 cm³/mol. The molecular weight excluding hydrogens is 419 g/mol. The number of piperazine rings is 1. The Morgan fingerprint density at radius 1 is 0.967 bits per heavy atom. The molecule has 0 aliphatic carbocycles. The van der Waals surface area contributed by atoms with Crippen LogP contribution in [0, 0.1) is 17.5 Å². The number of anilines is 2. The Bertz CT molecular complexity index is 1040. The van der Waals surface area contributed by atoms with Gasteiger partial charge in [0.25, 0.3) is 0 Å². The Hall–Kier alpha value is -2.75. The van der Waals surface area contributed by atoms with Crippen molar-refractivity contribution in [2.45, 2.75) is 13.0 Å². The first kappa shape index (κ1) is 21.9. The van der Waals surface area contributed by atoms with Crippen LogP contribution in [-0.4, -0.2) is 57.7 Å². The maximum atomic E-state index is 14.0. The highest BCUT2D eigenvalue weighted by Gasteiger charge is 2.34. The Morgan fingerprint density at radius 3 is 2.17 bits per heavy atom. The highest BCUT2D eigenvalue weighted by molar-refractivity contribution is 7.92. The lowest BCUT2D eigenvalue weighted by Crippen LogP contribution is -2.55. The molecule has 3 rings (SSSR count). The van der Waals surface area contributed by atoms with Crippen LogP contribution < -0.4 is 9.21 Å². The van der Waals surface area contributed by atoms with Crippen molar-refractivity contribution in [3.63, 3.8) is 0 Å². The van der Waals surface area contributed by atoms with Crippen LogP contribution in [0.15, 0.2) is 42.5 Å². The zero-order valence-corrected chi connectivity index (χ0v) is 17.4. The minimum absolute atomic E-state index is 0.137. The number of nitrogens with zero attached hydrogens (tertiary/aromatic N) is 3. The number of rotatable bonds is 5. The molecule has 0 unspecified atom stereocenters. The predicted octanol–water partition coefficient (Wildman–Crippen LogP) is 2.61. The lowest BCUT2D eigenvalue weighted by molar-refractivity contribution is -0.132. The number of carbonyl (C=O) groups is 1. The minimum Gasteiger partial charge on any atom is -0.366 e. The summed E-state index contributed by atoms with van der Waals surface area (Å²) in [7, 11) is -3.95. The summed E-state index contributed by atoms with van der Waals surface area (Å²) in [5.74, 6) is -3.15. The average Bonchev–Trinajstić information content (AvgIpc) is 2.70. The molecule has 0 spiro atoms. The molecule has 162 valence electrons. The van der Waals surface area contributed by atoms with Crippen molar-refractivity contribution >= 4 is 27.3 Å². The van der Waals surface area contributed by atoms with E-state index in [1.165, 1.54) is 17.9 Å². The highest BCUT2D eigenvalue weighted by atomic mass is 32.2. The fourth-order valence-corrected chi connectivity index (χ4v) is 4.73. The van der Waals surface area contributed by atoms with E-state index in [2.05, 4.69) is 0 Å². The summed E-state index contributed by atoms with van der Waals surface area (Å²) in [6.07, 6.45) is 0.897. The van der Waals surface area contributed by atoms with Crippen LogP contribution in [0.5, 0.6) is 0 Å². The average molecular weight is 441 g/mol. The molecule has 1 amide bonds. The van der Waals surface area contributed by atoms with Crippen LogP contribution in [0.1, 0.15) is 6.92 Å². The molecular formula is C20H22F3N3O3S. The van der Waals surface area contributed by atoms with Crippen LogP contribution in [0.3, 0.4) is 0 Å². The van der Waals surface area contributed by atoms with Gasteiger partial charge in [-0.25, -0.2) is 21.6 Å². The van der Waals surface area contributed by atoms with Crippen LogP contribution in [0.25, 0.3) is 0 Å². The SMILES string of the molecule is C[C@@H](C(=O)N1CCN(c2ccccc2F)CC1)N(c1ccc(F)c(F)c1)S(C)(=O)=O. The molecule has 1 aliphatic rings. The second-order valence-corrected chi connectivity index (χ2v) is 8.96. The number of sulfonamides is 1. The third-order valence-corrected chi connectivity index (χ3v) is 6.25. The van der Waals surface area contributed by atoms with Crippen molar-refractivity contribution in [2.75, 3.05) is 41.6 Å². The highest BCUT2D eigenvalue weighted by Crippen LogP contribution is 2.25. The summed E-state index contributed by atoms with van der Waals surface area (Å²) in [6.45, 7) is 2.69. The van der Waals surface area contributed by atoms with Crippen molar-refractivity contribution in [2.24, 2.45) is 0 Å². The monoisotopic (exact) mass is 441 g/mol. The lowest BCUT2D eigenvalue weighted by atomic mass is 10.2. The summed E-state index contributed by atoms with van der Waals surface area (Å²) in [5, 5.41) is 0. The van der Waals surface area contributed by atoms with Gasteiger partial charge < -0.3 is 9.80 Å². The molecule has 1 heterocycles. The largest absolute Gasteiger partial charge is 0.366 e. The van der Waals surface area contributed by atoms with E-state index in [1.807, 2.05) is 4.90 Å². The van der Waals surface area contributed by atoms with Gasteiger partial charge in [-0.1, -0.05) is 12.1 Å². The second-order valence-electron chi connectivity index (χ2n) is 7.10. The van der Waals surface area contributed by atoms with Crippen molar-refractivity contribution < 1.29 is 26.4 Å². The van der Waals surface area contributed by atoms with E-state index in [0.29, 0.717) is 18.8 Å². The fourth-order valence-electron chi connectivity index (χ4n) is 3.56. The smallest absolute Gasteiger partial charge is 0.246 e. The fraction of sp³-hybridized carbons (Fsp3) is 0.350. The van der Waals surface area contributed by atoms with Crippen molar-refractivity contribution in [3.05, 3.63) is 59.9 Å². The minimum atomic E-state index is -3.95. The number of benzene rings is 2. The zero-order chi connectivity index (χ0) is 22.1. The van der Waals surface area contributed by atoms with Gasteiger partial charge in [-0.2, -0.15) is 0 Å². The number of amides is 1. The Labute approximate surface area is 173 Å². The van der Waals surface area contributed by atoms with Gasteiger partial charge in [-0.15, -0.1) is 0 Å². The molecule has 2 aromatic rings. The van der Waals surface area contributed by atoms with E-state index in [-0.39, 0.29) is 24.6 Å². The third kappa shape index (κ3) is 4.53. The first-order chi connectivity index (χ1) is 14.1. The van der Waals surface area contributed by atoms with E-state index >= 15 is 0 Å². The van der Waals surface area contributed by atoms with Gasteiger partial charge in [-0.3, -0.25) is 9.10 Å². The molecule has 0 aromatic heterocycles. The third-order valence-electron chi connectivity index (χ3n) is 5.01. The maximum Gasteiger partial charge on any atom is 0.246 e. The molecule has 1 fully saturated rings. The molecule has 1 atom stereocenters. The molecule has 1 aliphatic heterocycles. The normalized spacial score (nSPS) is 15.8. The molecule has 0 radical (unpaired) electrons. The number of hydrogen-bond donors (Lipinski definition) is 0. The molecule has 10 heteroatoms. The van der Waals surface area contributed by atoms with Gasteiger partial charge in [0, 0.05) is 32.2 Å². The first-order valence-corrected chi connectivity index (χ1v) is 11.2. The second kappa shape index (κ2) is 8.55. The topological polar surface area (TPSA) is 60.9 Å². The number of para-hydroxylation sites is 1. The van der Waals surface area contributed by atoms with Crippen molar-refractivity contribution in [3.8, 4) is 0 Å². The maximum absolute atomic E-state index is 14.0. The zero-order valence-electron chi connectivity index (χ0n) is 16.6. The van der Waals surface area contributed by atoms with Gasteiger partial charge in [0.1, 0.15) is 11.9 Å². The van der Waals surface area contributed by atoms with E-state index in [0.717, 1.165) is 28.8 Å². The van der Waals surface area contributed by atoms with Gasteiger partial charge in [0.05, 0.1) is 17.6 Å².